The van der Waals surface area contributed by atoms with Crippen LogP contribution >= 0.6 is 11.3 Å². The number of nitrogens with zero attached hydrogens (tertiary/aromatic N) is 2. The lowest BCUT2D eigenvalue weighted by Crippen LogP contribution is -2.30. The fraction of sp³-hybridized carbons (Fsp3) is 0.357. The molecule has 0 aliphatic rings. The summed E-state index contributed by atoms with van der Waals surface area (Å²) in [5.41, 5.74) is 8.50. The molecule has 0 fully saturated rings. The average molecular weight is 305 g/mol. The maximum Gasteiger partial charge on any atom is 0.319 e. The summed E-state index contributed by atoms with van der Waals surface area (Å²) in [6.45, 7) is 4.54. The summed E-state index contributed by atoms with van der Waals surface area (Å²) < 4.78 is 0. The molecule has 4 N–H and O–H groups in total. The van der Waals surface area contributed by atoms with Crippen LogP contribution in [-0.2, 0) is 6.42 Å². The zero-order valence-electron chi connectivity index (χ0n) is 12.1. The van der Waals surface area contributed by atoms with Gasteiger partial charge in [-0.15, -0.1) is 10.2 Å². The predicted molar refractivity (Wildman–Crippen MR) is 85.6 cm³/mol. The summed E-state index contributed by atoms with van der Waals surface area (Å²) in [6.07, 6.45) is 1.56. The van der Waals surface area contributed by atoms with Crippen molar-refractivity contribution in [1.82, 2.24) is 15.5 Å². The fourth-order valence-electron chi connectivity index (χ4n) is 1.85. The molecule has 0 aliphatic carbocycles. The minimum atomic E-state index is -0.194. The van der Waals surface area contributed by atoms with Crippen LogP contribution in [0.3, 0.4) is 0 Å². The number of hydrogen-bond acceptors (Lipinski definition) is 5. The van der Waals surface area contributed by atoms with Gasteiger partial charge in [0, 0.05) is 18.7 Å². The molecule has 0 atom stereocenters. The van der Waals surface area contributed by atoms with Gasteiger partial charge in [-0.05, 0) is 37.5 Å². The molecule has 0 saturated carbocycles. The highest BCUT2D eigenvalue weighted by Crippen LogP contribution is 2.16. The van der Waals surface area contributed by atoms with Crippen molar-refractivity contribution in [3.63, 3.8) is 0 Å². The second kappa shape index (κ2) is 7.03. The summed E-state index contributed by atoms with van der Waals surface area (Å²) in [5.74, 6) is 0. The molecule has 1 aromatic heterocycles. The Balaban J connectivity index is 1.73. The highest BCUT2D eigenvalue weighted by molar-refractivity contribution is 7.15. The number of anilines is 2. The van der Waals surface area contributed by atoms with Gasteiger partial charge in [0.15, 0.2) is 0 Å². The van der Waals surface area contributed by atoms with Gasteiger partial charge in [0.2, 0.25) is 5.13 Å². The van der Waals surface area contributed by atoms with E-state index in [1.54, 1.807) is 0 Å². The van der Waals surface area contributed by atoms with E-state index in [0.717, 1.165) is 34.7 Å². The summed E-state index contributed by atoms with van der Waals surface area (Å²) in [5, 5.41) is 14.7. The van der Waals surface area contributed by atoms with Gasteiger partial charge in [-0.3, -0.25) is 0 Å². The number of aryl methyl sites for hydroxylation is 3. The molecule has 2 rings (SSSR count). The molecule has 2 aromatic rings. The third-order valence-electron chi connectivity index (χ3n) is 2.98. The van der Waals surface area contributed by atoms with Crippen LogP contribution in [0.25, 0.3) is 0 Å². The molecule has 7 heteroatoms. The van der Waals surface area contributed by atoms with Gasteiger partial charge in [0.25, 0.3) is 0 Å². The van der Waals surface area contributed by atoms with Crippen molar-refractivity contribution in [1.29, 1.82) is 0 Å². The van der Waals surface area contributed by atoms with Crippen molar-refractivity contribution in [3.05, 3.63) is 34.3 Å². The smallest absolute Gasteiger partial charge is 0.319 e. The van der Waals surface area contributed by atoms with Crippen LogP contribution < -0.4 is 16.4 Å². The van der Waals surface area contributed by atoms with E-state index < -0.39 is 0 Å². The first-order valence-electron chi connectivity index (χ1n) is 6.74. The Labute approximate surface area is 127 Å². The molecule has 21 heavy (non-hydrogen) atoms. The molecule has 1 aromatic carbocycles. The third-order valence-corrected chi connectivity index (χ3v) is 3.79. The molecule has 112 valence electrons. The zero-order chi connectivity index (χ0) is 15.2. The van der Waals surface area contributed by atoms with Gasteiger partial charge >= 0.3 is 6.03 Å². The molecular weight excluding hydrogens is 286 g/mol. The van der Waals surface area contributed by atoms with Crippen LogP contribution in [0.4, 0.5) is 15.6 Å². The molecule has 0 radical (unpaired) electrons. The van der Waals surface area contributed by atoms with Crippen molar-refractivity contribution < 1.29 is 4.79 Å². The molecule has 0 spiro atoms. The predicted octanol–water partition coefficient (Wildman–Crippen LogP) is 2.49. The number of amides is 2. The van der Waals surface area contributed by atoms with E-state index >= 15 is 0 Å². The number of nitrogens with one attached hydrogen (secondary N) is 2. The van der Waals surface area contributed by atoms with Crippen LogP contribution in [0.5, 0.6) is 0 Å². The van der Waals surface area contributed by atoms with Gasteiger partial charge in [-0.1, -0.05) is 23.5 Å². The molecule has 1 heterocycles. The van der Waals surface area contributed by atoms with Gasteiger partial charge in [-0.25, -0.2) is 4.79 Å². The van der Waals surface area contributed by atoms with Crippen molar-refractivity contribution in [3.8, 4) is 0 Å². The van der Waals surface area contributed by atoms with E-state index in [-0.39, 0.29) is 6.03 Å². The SMILES string of the molecule is Cc1ccc(C)c(NC(=O)NCCCc2nnc(N)s2)c1. The first kappa shape index (κ1) is 15.2. The number of urea groups is 1. The van der Waals surface area contributed by atoms with Gasteiger partial charge < -0.3 is 16.4 Å². The minimum Gasteiger partial charge on any atom is -0.374 e. The molecule has 0 aliphatic heterocycles. The van der Waals surface area contributed by atoms with E-state index in [0.29, 0.717) is 11.7 Å². The number of carbonyl (C=O) groups is 1. The number of nitrogens with two attached hydrogens (primary N) is 1. The Morgan fingerprint density at radius 1 is 1.33 bits per heavy atom. The van der Waals surface area contributed by atoms with Crippen LogP contribution in [-0.4, -0.2) is 22.8 Å². The Bertz CT molecular complexity index is 626. The van der Waals surface area contributed by atoms with Crippen LogP contribution in [0.1, 0.15) is 22.6 Å². The topological polar surface area (TPSA) is 92.9 Å². The number of hydrogen-bond donors (Lipinski definition) is 3. The average Bonchev–Trinajstić information content (AvgIpc) is 2.85. The highest BCUT2D eigenvalue weighted by atomic mass is 32.1. The molecular formula is C14H19N5OS. The fourth-order valence-corrected chi connectivity index (χ4v) is 2.50. The summed E-state index contributed by atoms with van der Waals surface area (Å²) in [6, 6.07) is 5.77. The van der Waals surface area contributed by atoms with E-state index in [2.05, 4.69) is 20.8 Å². The molecule has 0 saturated heterocycles. The number of rotatable bonds is 5. The molecule has 0 unspecified atom stereocenters. The standard InChI is InChI=1S/C14H19N5OS/c1-9-5-6-10(2)11(8-9)17-14(20)16-7-3-4-12-18-19-13(15)21-12/h5-6,8H,3-4,7H2,1-2H3,(H2,15,19)(H2,16,17,20). The van der Waals surface area contributed by atoms with Gasteiger partial charge in [0.05, 0.1) is 0 Å². The Kier molecular flexibility index (Phi) is 5.10. The minimum absolute atomic E-state index is 0.194. The maximum atomic E-state index is 11.8. The second-order valence-corrected chi connectivity index (χ2v) is 5.93. The van der Waals surface area contributed by atoms with E-state index in [1.165, 1.54) is 11.3 Å². The lowest BCUT2D eigenvalue weighted by atomic mass is 10.1. The normalized spacial score (nSPS) is 10.4. The number of carbonyl (C=O) groups excluding carboxylic acids is 1. The van der Waals surface area contributed by atoms with Crippen LogP contribution in [0, 0.1) is 13.8 Å². The zero-order valence-corrected chi connectivity index (χ0v) is 13.0. The Morgan fingerprint density at radius 2 is 2.14 bits per heavy atom. The lowest BCUT2D eigenvalue weighted by molar-refractivity contribution is 0.252. The quantitative estimate of drug-likeness (QED) is 0.740. The summed E-state index contributed by atoms with van der Waals surface area (Å²) in [7, 11) is 0. The Hall–Kier alpha value is -2.15. The van der Waals surface area contributed by atoms with Crippen molar-refractivity contribution in [2.75, 3.05) is 17.6 Å². The third kappa shape index (κ3) is 4.71. The summed E-state index contributed by atoms with van der Waals surface area (Å²) >= 11 is 1.38. The number of aromatic nitrogens is 2. The number of nitrogen functional groups attached to an aromatic ring is 1. The van der Waals surface area contributed by atoms with Crippen LogP contribution in [0.2, 0.25) is 0 Å². The molecule has 0 bridgehead atoms. The highest BCUT2D eigenvalue weighted by Gasteiger charge is 2.05. The van der Waals surface area contributed by atoms with Gasteiger partial charge in [0.1, 0.15) is 5.01 Å². The van der Waals surface area contributed by atoms with Crippen molar-refractivity contribution in [2.45, 2.75) is 26.7 Å². The molecule has 6 nitrogen and oxygen atoms in total. The molecule has 2 amide bonds. The number of benzene rings is 1. The second-order valence-electron chi connectivity index (χ2n) is 4.84. The first-order chi connectivity index (χ1) is 10.0. The maximum absolute atomic E-state index is 11.8. The monoisotopic (exact) mass is 305 g/mol. The lowest BCUT2D eigenvalue weighted by Gasteiger charge is -2.10. The summed E-state index contributed by atoms with van der Waals surface area (Å²) in [4.78, 5) is 11.8. The van der Waals surface area contributed by atoms with E-state index in [9.17, 15) is 4.79 Å². The largest absolute Gasteiger partial charge is 0.374 e. The van der Waals surface area contributed by atoms with Crippen molar-refractivity contribution >= 4 is 28.2 Å². The van der Waals surface area contributed by atoms with E-state index in [1.807, 2.05) is 32.0 Å². The van der Waals surface area contributed by atoms with E-state index in [4.69, 9.17) is 5.73 Å². The van der Waals surface area contributed by atoms with Crippen LogP contribution in [0.15, 0.2) is 18.2 Å². The Morgan fingerprint density at radius 3 is 2.86 bits per heavy atom. The van der Waals surface area contributed by atoms with Crippen molar-refractivity contribution in [2.24, 2.45) is 0 Å². The first-order valence-corrected chi connectivity index (χ1v) is 7.56. The van der Waals surface area contributed by atoms with Gasteiger partial charge in [-0.2, -0.15) is 0 Å².